The summed E-state index contributed by atoms with van der Waals surface area (Å²) in [5.74, 6) is -2.10. The van der Waals surface area contributed by atoms with Gasteiger partial charge in [0.15, 0.2) is 5.75 Å². The molecule has 0 saturated heterocycles. The van der Waals surface area contributed by atoms with Crippen LogP contribution in [0.5, 0.6) is 17.2 Å². The van der Waals surface area contributed by atoms with Crippen LogP contribution in [0.4, 0.5) is 39.8 Å². The third kappa shape index (κ3) is 11.9. The minimum absolute atomic E-state index is 0.115. The highest BCUT2D eigenvalue weighted by molar-refractivity contribution is 7.86. The summed E-state index contributed by atoms with van der Waals surface area (Å²) in [5.41, 5.74) is -1.42. The lowest BCUT2D eigenvalue weighted by Crippen LogP contribution is -2.12. The van der Waals surface area contributed by atoms with Crippen molar-refractivity contribution in [2.45, 2.75) is 14.7 Å². The van der Waals surface area contributed by atoms with Crippen LogP contribution in [0.15, 0.2) is 138 Å². The van der Waals surface area contributed by atoms with Crippen LogP contribution >= 0.6 is 0 Å². The Balaban J connectivity index is 1.38. The van der Waals surface area contributed by atoms with Gasteiger partial charge in [0, 0.05) is 41.0 Å². The topological polar surface area (TPSA) is 361 Å². The van der Waals surface area contributed by atoms with Gasteiger partial charge in [0.2, 0.25) is 0 Å². The molecule has 27 heteroatoms. The number of nitrogens with zero attached hydrogens (tertiary/aromatic N) is 5. The van der Waals surface area contributed by atoms with E-state index in [0.29, 0.717) is 17.4 Å². The Bertz CT molecular complexity index is 3460. The maximum Gasteiger partial charge on any atom is 0.296 e. The molecule has 0 aliphatic rings. The minimum atomic E-state index is -5.06. The lowest BCUT2D eigenvalue weighted by Gasteiger charge is -2.13. The monoisotopic (exact) mass is 984 g/mol. The number of nitrogens with one attached hydrogen (secondary N) is 1. The number of phenols is 1. The van der Waals surface area contributed by atoms with Crippen molar-refractivity contribution in [1.29, 1.82) is 0 Å². The molecular formula is C39H32N6O17S4. The summed E-state index contributed by atoms with van der Waals surface area (Å²) in [4.78, 5) is 7.78. The fraction of sp³-hybridized carbons (Fsp3) is 0.0769. The zero-order chi connectivity index (χ0) is 48.2. The van der Waals surface area contributed by atoms with Crippen molar-refractivity contribution in [3.63, 3.8) is 0 Å². The second kappa shape index (κ2) is 19.1. The number of para-hydroxylation sites is 1. The van der Waals surface area contributed by atoms with Crippen molar-refractivity contribution in [2.24, 2.45) is 20.5 Å². The van der Waals surface area contributed by atoms with Gasteiger partial charge in [-0.1, -0.05) is 36.4 Å². The summed E-state index contributed by atoms with van der Waals surface area (Å²) >= 11 is 0. The van der Waals surface area contributed by atoms with Gasteiger partial charge < -0.3 is 19.9 Å². The zero-order valence-corrected chi connectivity index (χ0v) is 36.7. The predicted molar refractivity (Wildman–Crippen MR) is 237 cm³/mol. The van der Waals surface area contributed by atoms with Crippen LogP contribution < -0.4 is 14.8 Å². The highest BCUT2D eigenvalue weighted by Crippen LogP contribution is 2.45. The van der Waals surface area contributed by atoms with Gasteiger partial charge in [0.1, 0.15) is 55.6 Å². The van der Waals surface area contributed by atoms with E-state index in [9.17, 15) is 67.1 Å². The van der Waals surface area contributed by atoms with E-state index in [0.717, 1.165) is 54.6 Å². The summed E-state index contributed by atoms with van der Waals surface area (Å²) in [5, 5.41) is 41.8. The number of hydrogen-bond acceptors (Lipinski definition) is 18. The Morgan fingerprint density at radius 3 is 1.85 bits per heavy atom. The molecule has 0 unspecified atom stereocenters. The van der Waals surface area contributed by atoms with Crippen molar-refractivity contribution in [3.05, 3.63) is 124 Å². The lowest BCUT2D eigenvalue weighted by atomic mass is 10.1. The van der Waals surface area contributed by atoms with E-state index < -0.39 is 89.6 Å². The Hall–Kier alpha value is -7.24. The van der Waals surface area contributed by atoms with Crippen LogP contribution in [0.25, 0.3) is 22.9 Å². The van der Waals surface area contributed by atoms with Crippen molar-refractivity contribution in [3.8, 4) is 17.2 Å². The fourth-order valence-electron chi connectivity index (χ4n) is 5.98. The first-order valence-electron chi connectivity index (χ1n) is 18.2. The average Bonchev–Trinajstić information content (AvgIpc) is 3.23. The first-order chi connectivity index (χ1) is 30.9. The number of non-ortho nitro benzene ring substituents is 1. The van der Waals surface area contributed by atoms with Crippen LogP contribution in [0.1, 0.15) is 11.1 Å². The second-order valence-electron chi connectivity index (χ2n) is 13.5. The standard InChI is InChI=1S/C39H32N6O17S4/c1-61-33-21-32(42-41-28-11-9-23(35(19-28)64(52,53)54)7-8-24-10-13-29(45(47)48)20-36(24)65(55,56)57)34(62-15-16-63(49,50)51)22-31(33)43-44-38-37(66(58,59)60)18-25-17-27(12-14-30(25)39(38)46)40-26-5-3-2-4-6-26/h2-14,17-22,40,46H,15-16H2,1H3,(H,49,50,51)(H,52,53,54)(H,55,56,57)(H,58,59,60)/b8-7-,42-41?,44-43?. The molecular weight excluding hydrogens is 953 g/mol. The number of ether oxygens (including phenoxy) is 2. The number of methoxy groups -OCH3 is 1. The second-order valence-corrected chi connectivity index (χ2v) is 19.2. The molecule has 0 heterocycles. The SMILES string of the molecule is COc1cc(N=Nc2ccc(/C=C\c3ccc([N+](=O)[O-])cc3S(=O)(=O)O)c(S(=O)(=O)O)c2)c(OCCS(=O)(=O)O)cc1N=Nc1c(S(=O)(=O)O)cc2cc(Nc3ccccc3)ccc2c1O. The molecule has 23 nitrogen and oxygen atoms in total. The maximum atomic E-state index is 12.6. The van der Waals surface area contributed by atoms with Crippen molar-refractivity contribution < 1.29 is 71.4 Å². The molecule has 344 valence electrons. The molecule has 6 aromatic rings. The Morgan fingerprint density at radius 2 is 1.24 bits per heavy atom. The number of hydrogen-bond donors (Lipinski definition) is 6. The third-order valence-electron chi connectivity index (χ3n) is 8.98. The van der Waals surface area contributed by atoms with Crippen LogP contribution in [-0.2, 0) is 40.5 Å². The molecule has 0 aliphatic heterocycles. The highest BCUT2D eigenvalue weighted by Gasteiger charge is 2.24. The molecule has 0 spiro atoms. The van der Waals surface area contributed by atoms with E-state index in [1.165, 1.54) is 25.3 Å². The van der Waals surface area contributed by atoms with E-state index in [4.69, 9.17) is 9.47 Å². The van der Waals surface area contributed by atoms with E-state index in [1.807, 2.05) is 6.07 Å². The zero-order valence-electron chi connectivity index (χ0n) is 33.4. The number of fused-ring (bicyclic) bond motifs is 1. The first-order valence-corrected chi connectivity index (χ1v) is 24.1. The number of nitro groups is 1. The van der Waals surface area contributed by atoms with Gasteiger partial charge in [-0.3, -0.25) is 28.3 Å². The number of azo groups is 2. The van der Waals surface area contributed by atoms with E-state index in [2.05, 4.69) is 25.8 Å². The summed E-state index contributed by atoms with van der Waals surface area (Å²) in [6.45, 7) is -0.689. The summed E-state index contributed by atoms with van der Waals surface area (Å²) in [6, 6.07) is 22.5. The molecule has 0 bridgehead atoms. The molecule has 6 aromatic carbocycles. The number of phenolic OH excluding ortho intramolecular Hbond substituents is 1. The third-order valence-corrected chi connectivity index (χ3v) is 12.4. The van der Waals surface area contributed by atoms with Gasteiger partial charge in [0.25, 0.3) is 46.2 Å². The van der Waals surface area contributed by atoms with Crippen LogP contribution in [0.2, 0.25) is 0 Å². The van der Waals surface area contributed by atoms with Gasteiger partial charge >= 0.3 is 0 Å². The lowest BCUT2D eigenvalue weighted by molar-refractivity contribution is -0.385. The molecule has 0 aliphatic carbocycles. The Labute approximate surface area is 374 Å². The molecule has 6 rings (SSSR count). The fourth-order valence-corrected chi connectivity index (χ4v) is 8.34. The predicted octanol–water partition coefficient (Wildman–Crippen LogP) is 8.21. The molecule has 6 N–H and O–H groups in total. The summed E-state index contributed by atoms with van der Waals surface area (Å²) < 4.78 is 147. The quantitative estimate of drug-likeness (QED) is 0.0165. The van der Waals surface area contributed by atoms with Gasteiger partial charge in [-0.15, -0.1) is 15.3 Å². The number of rotatable bonds is 17. The largest absolute Gasteiger partial charge is 0.505 e. The van der Waals surface area contributed by atoms with Crippen LogP contribution in [0, 0.1) is 10.1 Å². The van der Waals surface area contributed by atoms with E-state index in [1.54, 1.807) is 30.3 Å². The summed E-state index contributed by atoms with van der Waals surface area (Å²) in [7, 11) is -18.5. The van der Waals surface area contributed by atoms with Gasteiger partial charge in [-0.05, 0) is 71.1 Å². The molecule has 0 radical (unpaired) electrons. The molecule has 0 fully saturated rings. The van der Waals surface area contributed by atoms with Crippen LogP contribution in [0.3, 0.4) is 0 Å². The number of nitro benzene ring substituents is 1. The van der Waals surface area contributed by atoms with Gasteiger partial charge in [-0.25, -0.2) is 0 Å². The van der Waals surface area contributed by atoms with Crippen molar-refractivity contribution >= 4 is 103 Å². The number of benzene rings is 6. The number of aromatic hydroxyl groups is 1. The minimum Gasteiger partial charge on any atom is -0.505 e. The number of anilines is 2. The first kappa shape index (κ1) is 48.2. The van der Waals surface area contributed by atoms with Gasteiger partial charge in [0.05, 0.1) is 17.7 Å². The van der Waals surface area contributed by atoms with Crippen molar-refractivity contribution in [1.82, 2.24) is 0 Å². The van der Waals surface area contributed by atoms with Gasteiger partial charge in [-0.2, -0.15) is 38.8 Å². The molecule has 0 aromatic heterocycles. The Kier molecular flexibility index (Phi) is 13.9. The van der Waals surface area contributed by atoms with Crippen molar-refractivity contribution in [2.75, 3.05) is 24.8 Å². The smallest absolute Gasteiger partial charge is 0.296 e. The Morgan fingerprint density at radius 1 is 0.652 bits per heavy atom. The highest BCUT2D eigenvalue weighted by atomic mass is 32.2. The van der Waals surface area contributed by atoms with E-state index in [-0.39, 0.29) is 50.5 Å². The van der Waals surface area contributed by atoms with Crippen LogP contribution in [-0.4, -0.2) is 81.4 Å². The molecule has 0 atom stereocenters. The molecule has 0 saturated carbocycles. The normalized spacial score (nSPS) is 12.6. The average molecular weight is 985 g/mol. The van der Waals surface area contributed by atoms with E-state index >= 15 is 0 Å². The summed E-state index contributed by atoms with van der Waals surface area (Å²) in [6.07, 6.45) is 2.03. The molecule has 0 amide bonds. The maximum absolute atomic E-state index is 12.6. The molecule has 66 heavy (non-hydrogen) atoms.